The van der Waals surface area contributed by atoms with Crippen LogP contribution in [0.25, 0.3) is 0 Å². The minimum Gasteiger partial charge on any atom is -0.282 e. The van der Waals surface area contributed by atoms with Gasteiger partial charge in [-0.15, -0.1) is 11.6 Å². The van der Waals surface area contributed by atoms with E-state index in [1.807, 2.05) is 0 Å². The van der Waals surface area contributed by atoms with Crippen LogP contribution in [0.1, 0.15) is 13.8 Å². The van der Waals surface area contributed by atoms with Crippen LogP contribution < -0.4 is 0 Å². The number of amides is 2. The average Bonchev–Trinajstić information content (AvgIpc) is 1.88. The second-order valence-electron chi connectivity index (χ2n) is 1.79. The minimum absolute atomic E-state index is 0.132. The van der Waals surface area contributed by atoms with Crippen molar-refractivity contribution in [3.63, 3.8) is 0 Å². The van der Waals surface area contributed by atoms with Gasteiger partial charge in [0.25, 0.3) is 0 Å². The SMILES string of the molecule is CCN(C(C)=O)C(=O)CCl. The fourth-order valence-electron chi connectivity index (χ4n) is 0.647. The summed E-state index contributed by atoms with van der Waals surface area (Å²) in [6.45, 7) is 3.46. The summed E-state index contributed by atoms with van der Waals surface area (Å²) < 4.78 is 0. The standard InChI is InChI=1S/C6H10ClNO2/c1-3-8(5(2)9)6(10)4-7/h3-4H2,1-2H3. The van der Waals surface area contributed by atoms with E-state index >= 15 is 0 Å². The second-order valence-corrected chi connectivity index (χ2v) is 2.06. The molecule has 0 aliphatic rings. The lowest BCUT2D eigenvalue weighted by atomic mass is 10.5. The molecule has 0 saturated heterocycles. The van der Waals surface area contributed by atoms with E-state index in [1.54, 1.807) is 6.92 Å². The Morgan fingerprint density at radius 1 is 1.50 bits per heavy atom. The molecule has 0 rings (SSSR count). The molecule has 10 heavy (non-hydrogen) atoms. The van der Waals surface area contributed by atoms with Gasteiger partial charge in [0, 0.05) is 13.5 Å². The van der Waals surface area contributed by atoms with Crippen LogP contribution in [0.3, 0.4) is 0 Å². The molecule has 0 aliphatic heterocycles. The Kier molecular flexibility index (Phi) is 4.03. The third-order valence-corrected chi connectivity index (χ3v) is 1.34. The van der Waals surface area contributed by atoms with Crippen LogP contribution >= 0.6 is 11.6 Å². The van der Waals surface area contributed by atoms with E-state index in [2.05, 4.69) is 0 Å². The van der Waals surface area contributed by atoms with E-state index in [1.165, 1.54) is 6.92 Å². The summed E-state index contributed by atoms with van der Waals surface area (Å²) in [6, 6.07) is 0. The average molecular weight is 164 g/mol. The highest BCUT2D eigenvalue weighted by molar-refractivity contribution is 6.28. The highest BCUT2D eigenvalue weighted by atomic mass is 35.5. The largest absolute Gasteiger partial charge is 0.282 e. The number of carbonyl (C=O) groups excluding carboxylic acids is 2. The molecular weight excluding hydrogens is 154 g/mol. The third kappa shape index (κ3) is 2.35. The molecule has 0 fully saturated rings. The summed E-state index contributed by atoms with van der Waals surface area (Å²) in [6.07, 6.45) is 0. The molecular formula is C6H10ClNO2. The van der Waals surface area contributed by atoms with Crippen molar-refractivity contribution >= 4 is 23.4 Å². The van der Waals surface area contributed by atoms with Gasteiger partial charge >= 0.3 is 0 Å². The van der Waals surface area contributed by atoms with Gasteiger partial charge in [0.15, 0.2) is 0 Å². The number of carbonyl (C=O) groups is 2. The smallest absolute Gasteiger partial charge is 0.244 e. The summed E-state index contributed by atoms with van der Waals surface area (Å²) in [4.78, 5) is 22.5. The quantitative estimate of drug-likeness (QED) is 0.560. The minimum atomic E-state index is -0.336. The first-order valence-electron chi connectivity index (χ1n) is 3.00. The van der Waals surface area contributed by atoms with Crippen LogP contribution in [0.4, 0.5) is 0 Å². The number of alkyl halides is 1. The Labute approximate surface area is 65.0 Å². The molecule has 0 heterocycles. The lowest BCUT2D eigenvalue weighted by Gasteiger charge is -2.14. The maximum absolute atomic E-state index is 10.8. The topological polar surface area (TPSA) is 37.4 Å². The molecule has 0 N–H and O–H groups in total. The summed E-state index contributed by atoms with van der Waals surface area (Å²) >= 11 is 5.23. The van der Waals surface area contributed by atoms with Crippen molar-refractivity contribution in [2.75, 3.05) is 12.4 Å². The van der Waals surface area contributed by atoms with Crippen LogP contribution in [0.5, 0.6) is 0 Å². The fourth-order valence-corrected chi connectivity index (χ4v) is 0.791. The normalized spacial score (nSPS) is 9.10. The van der Waals surface area contributed by atoms with E-state index in [4.69, 9.17) is 11.6 Å². The molecule has 4 heteroatoms. The third-order valence-electron chi connectivity index (χ3n) is 1.11. The number of hydrogen-bond donors (Lipinski definition) is 0. The van der Waals surface area contributed by atoms with Gasteiger partial charge in [0.05, 0.1) is 0 Å². The van der Waals surface area contributed by atoms with Gasteiger partial charge in [-0.1, -0.05) is 0 Å². The van der Waals surface area contributed by atoms with Gasteiger partial charge in [0.2, 0.25) is 11.8 Å². The van der Waals surface area contributed by atoms with Gasteiger partial charge in [-0.25, -0.2) is 0 Å². The molecule has 2 amide bonds. The van der Waals surface area contributed by atoms with E-state index in [0.29, 0.717) is 6.54 Å². The monoisotopic (exact) mass is 163 g/mol. The van der Waals surface area contributed by atoms with Crippen LogP contribution in [0, 0.1) is 0 Å². The lowest BCUT2D eigenvalue weighted by Crippen LogP contribution is -2.35. The summed E-state index contributed by atoms with van der Waals surface area (Å²) in [7, 11) is 0. The maximum atomic E-state index is 10.8. The summed E-state index contributed by atoms with van der Waals surface area (Å²) in [5.74, 6) is -0.724. The van der Waals surface area contributed by atoms with Crippen molar-refractivity contribution in [3.05, 3.63) is 0 Å². The van der Waals surface area contributed by atoms with Crippen molar-refractivity contribution in [2.24, 2.45) is 0 Å². The van der Waals surface area contributed by atoms with Crippen molar-refractivity contribution in [3.8, 4) is 0 Å². The van der Waals surface area contributed by atoms with Crippen LogP contribution in [0.2, 0.25) is 0 Å². The molecule has 0 bridgehead atoms. The first kappa shape index (κ1) is 9.43. The first-order chi connectivity index (χ1) is 4.63. The predicted octanol–water partition coefficient (Wildman–Crippen LogP) is 0.620. The van der Waals surface area contributed by atoms with Crippen molar-refractivity contribution < 1.29 is 9.59 Å². The van der Waals surface area contributed by atoms with Crippen molar-refractivity contribution in [1.82, 2.24) is 4.90 Å². The predicted molar refractivity (Wildman–Crippen MR) is 38.8 cm³/mol. The Balaban J connectivity index is 4.06. The fraction of sp³-hybridized carbons (Fsp3) is 0.667. The molecule has 0 aromatic heterocycles. The van der Waals surface area contributed by atoms with E-state index in [0.717, 1.165) is 4.90 Å². The molecule has 3 nitrogen and oxygen atoms in total. The zero-order valence-corrected chi connectivity index (χ0v) is 6.81. The van der Waals surface area contributed by atoms with Crippen LogP contribution in [0.15, 0.2) is 0 Å². The van der Waals surface area contributed by atoms with Crippen molar-refractivity contribution in [2.45, 2.75) is 13.8 Å². The Bertz CT molecular complexity index is 147. The Hall–Kier alpha value is -0.570. The number of halogens is 1. The van der Waals surface area contributed by atoms with Gasteiger partial charge in [0.1, 0.15) is 5.88 Å². The Morgan fingerprint density at radius 2 is 2.00 bits per heavy atom. The molecule has 0 radical (unpaired) electrons. The second kappa shape index (κ2) is 4.28. The molecule has 0 saturated carbocycles. The van der Waals surface area contributed by atoms with E-state index in [-0.39, 0.29) is 17.7 Å². The molecule has 0 atom stereocenters. The van der Waals surface area contributed by atoms with Crippen LogP contribution in [-0.4, -0.2) is 29.1 Å². The van der Waals surface area contributed by atoms with E-state index < -0.39 is 0 Å². The van der Waals surface area contributed by atoms with Crippen molar-refractivity contribution in [1.29, 1.82) is 0 Å². The molecule has 0 aromatic rings. The summed E-state index contributed by atoms with van der Waals surface area (Å²) in [5, 5.41) is 0. The maximum Gasteiger partial charge on any atom is 0.244 e. The molecule has 0 unspecified atom stereocenters. The molecule has 0 aliphatic carbocycles. The first-order valence-corrected chi connectivity index (χ1v) is 3.53. The molecule has 0 aromatic carbocycles. The number of rotatable bonds is 2. The van der Waals surface area contributed by atoms with Gasteiger partial charge in [-0.2, -0.15) is 0 Å². The summed E-state index contributed by atoms with van der Waals surface area (Å²) in [5.41, 5.74) is 0. The highest BCUT2D eigenvalue weighted by Crippen LogP contribution is 1.91. The molecule has 0 spiro atoms. The van der Waals surface area contributed by atoms with Crippen LogP contribution in [-0.2, 0) is 9.59 Å². The Morgan fingerprint density at radius 3 is 2.10 bits per heavy atom. The van der Waals surface area contributed by atoms with Gasteiger partial charge in [-0.05, 0) is 6.92 Å². The highest BCUT2D eigenvalue weighted by Gasteiger charge is 2.13. The number of hydrogen-bond acceptors (Lipinski definition) is 2. The zero-order valence-electron chi connectivity index (χ0n) is 6.06. The molecule has 58 valence electrons. The zero-order chi connectivity index (χ0) is 8.15. The lowest BCUT2D eigenvalue weighted by molar-refractivity contribution is -0.141. The van der Waals surface area contributed by atoms with Gasteiger partial charge in [-0.3, -0.25) is 14.5 Å². The number of imide groups is 1. The van der Waals surface area contributed by atoms with E-state index in [9.17, 15) is 9.59 Å². The van der Waals surface area contributed by atoms with Gasteiger partial charge < -0.3 is 0 Å². The number of nitrogens with zero attached hydrogens (tertiary/aromatic N) is 1.